The van der Waals surface area contributed by atoms with Crippen LogP contribution in [-0.2, 0) is 9.53 Å². The highest BCUT2D eigenvalue weighted by molar-refractivity contribution is 5.97. The van der Waals surface area contributed by atoms with Gasteiger partial charge < -0.3 is 14.8 Å². The molecule has 1 fully saturated rings. The molecule has 0 saturated heterocycles. The van der Waals surface area contributed by atoms with E-state index < -0.39 is 5.60 Å². The van der Waals surface area contributed by atoms with Crippen LogP contribution >= 0.6 is 0 Å². The Morgan fingerprint density at radius 3 is 2.76 bits per heavy atom. The molecule has 25 heavy (non-hydrogen) atoms. The van der Waals surface area contributed by atoms with Crippen LogP contribution in [0.1, 0.15) is 65.4 Å². The summed E-state index contributed by atoms with van der Waals surface area (Å²) in [6.45, 7) is 10.9. The fourth-order valence-electron chi connectivity index (χ4n) is 3.59. The van der Waals surface area contributed by atoms with Crippen LogP contribution in [0.25, 0.3) is 0 Å². The van der Waals surface area contributed by atoms with Crippen LogP contribution in [0.4, 0.5) is 5.69 Å². The lowest BCUT2D eigenvalue weighted by atomic mass is 9.78. The minimum Gasteiger partial charge on any atom is -0.490 e. The first kappa shape index (κ1) is 19.8. The van der Waals surface area contributed by atoms with Crippen LogP contribution in [0.3, 0.4) is 0 Å². The van der Waals surface area contributed by atoms with E-state index in [0.29, 0.717) is 12.5 Å². The van der Waals surface area contributed by atoms with E-state index in [2.05, 4.69) is 26.1 Å². The number of anilines is 1. The number of nitrogens with one attached hydrogen (secondary N) is 1. The molecule has 0 bridgehead atoms. The van der Waals surface area contributed by atoms with Gasteiger partial charge in [0, 0.05) is 12.3 Å². The topological polar surface area (TPSA) is 47.6 Å². The Hall–Kier alpha value is -1.55. The zero-order chi connectivity index (χ0) is 18.4. The Kier molecular flexibility index (Phi) is 6.88. The number of carbonyl (C=O) groups is 1. The van der Waals surface area contributed by atoms with Crippen molar-refractivity contribution in [3.8, 4) is 5.75 Å². The first-order chi connectivity index (χ1) is 11.9. The molecule has 4 nitrogen and oxygen atoms in total. The molecule has 1 N–H and O–H groups in total. The maximum Gasteiger partial charge on any atom is 0.256 e. The van der Waals surface area contributed by atoms with Crippen molar-refractivity contribution in [2.24, 2.45) is 5.92 Å². The van der Waals surface area contributed by atoms with Crippen molar-refractivity contribution >= 4 is 11.6 Å². The number of ether oxygens (including phenoxy) is 2. The predicted molar refractivity (Wildman–Crippen MR) is 102 cm³/mol. The van der Waals surface area contributed by atoms with Crippen molar-refractivity contribution in [1.82, 2.24) is 0 Å². The Balaban J connectivity index is 2.11. The average molecular weight is 347 g/mol. The molecule has 0 radical (unpaired) electrons. The van der Waals surface area contributed by atoms with E-state index in [9.17, 15) is 4.79 Å². The number of hydrogen-bond acceptors (Lipinski definition) is 3. The van der Waals surface area contributed by atoms with E-state index in [0.717, 1.165) is 42.7 Å². The molecule has 0 heterocycles. The van der Waals surface area contributed by atoms with Gasteiger partial charge in [-0.05, 0) is 76.1 Å². The smallest absolute Gasteiger partial charge is 0.256 e. The molecule has 1 aliphatic carbocycles. The number of benzene rings is 1. The van der Waals surface area contributed by atoms with E-state index in [-0.39, 0.29) is 12.0 Å². The summed E-state index contributed by atoms with van der Waals surface area (Å²) < 4.78 is 11.9. The van der Waals surface area contributed by atoms with Gasteiger partial charge in [-0.1, -0.05) is 20.3 Å². The number of aryl methyl sites for hydroxylation is 1. The van der Waals surface area contributed by atoms with Gasteiger partial charge in [-0.15, -0.1) is 0 Å². The molecular formula is C21H33NO3. The summed E-state index contributed by atoms with van der Waals surface area (Å²) >= 11 is 0. The molecule has 1 amide bonds. The molecule has 1 aromatic carbocycles. The summed E-state index contributed by atoms with van der Waals surface area (Å²) in [4.78, 5) is 13.0. The standard InChI is InChI=1S/C21H33NO3/c1-6-17(5)25-19-11-10-18(13-16(19)4)22-20(23)21(24-7-2)12-8-9-15(3)14-21/h10-11,13,15,17H,6-9,12,14H2,1-5H3,(H,22,23)/t15-,17+,21+/m1/s1. The SMILES string of the molecule is CCO[C@@]1(C(=O)Nc2ccc(O[C@@H](C)CC)c(C)c2)CCC[C@@H](C)C1. The number of amides is 1. The Morgan fingerprint density at radius 2 is 2.16 bits per heavy atom. The van der Waals surface area contributed by atoms with Gasteiger partial charge in [0.15, 0.2) is 0 Å². The van der Waals surface area contributed by atoms with Crippen molar-refractivity contribution in [2.75, 3.05) is 11.9 Å². The molecule has 1 saturated carbocycles. The maximum atomic E-state index is 13.0. The molecule has 0 aliphatic heterocycles. The largest absolute Gasteiger partial charge is 0.490 e. The van der Waals surface area contributed by atoms with Gasteiger partial charge >= 0.3 is 0 Å². The van der Waals surface area contributed by atoms with E-state index >= 15 is 0 Å². The third kappa shape index (κ3) is 4.97. The van der Waals surface area contributed by atoms with Gasteiger partial charge in [-0.2, -0.15) is 0 Å². The zero-order valence-electron chi connectivity index (χ0n) is 16.4. The van der Waals surface area contributed by atoms with Gasteiger partial charge in [0.2, 0.25) is 0 Å². The van der Waals surface area contributed by atoms with Crippen molar-refractivity contribution in [3.63, 3.8) is 0 Å². The zero-order valence-corrected chi connectivity index (χ0v) is 16.4. The molecule has 140 valence electrons. The molecule has 0 spiro atoms. The fraction of sp³-hybridized carbons (Fsp3) is 0.667. The van der Waals surface area contributed by atoms with Gasteiger partial charge in [0.1, 0.15) is 11.4 Å². The van der Waals surface area contributed by atoms with E-state index in [1.54, 1.807) is 0 Å². The van der Waals surface area contributed by atoms with Crippen LogP contribution in [0.5, 0.6) is 5.75 Å². The van der Waals surface area contributed by atoms with Gasteiger partial charge in [0.25, 0.3) is 5.91 Å². The first-order valence-corrected chi connectivity index (χ1v) is 9.63. The number of rotatable bonds is 7. The van der Waals surface area contributed by atoms with Crippen LogP contribution in [0.2, 0.25) is 0 Å². The highest BCUT2D eigenvalue weighted by Crippen LogP contribution is 2.36. The summed E-state index contributed by atoms with van der Waals surface area (Å²) in [7, 11) is 0. The minimum absolute atomic E-state index is 0.0177. The summed E-state index contributed by atoms with van der Waals surface area (Å²) in [5.41, 5.74) is 1.14. The molecule has 1 aliphatic rings. The van der Waals surface area contributed by atoms with Crippen LogP contribution in [-0.4, -0.2) is 24.2 Å². The number of carbonyl (C=O) groups excluding carboxylic acids is 1. The van der Waals surface area contributed by atoms with E-state index in [4.69, 9.17) is 9.47 Å². The lowest BCUT2D eigenvalue weighted by Crippen LogP contribution is -2.48. The fourth-order valence-corrected chi connectivity index (χ4v) is 3.59. The predicted octanol–water partition coefficient (Wildman–Crippen LogP) is 5.10. The first-order valence-electron chi connectivity index (χ1n) is 9.63. The van der Waals surface area contributed by atoms with Gasteiger partial charge in [-0.3, -0.25) is 4.79 Å². The molecule has 2 rings (SSSR count). The molecule has 0 unspecified atom stereocenters. The summed E-state index contributed by atoms with van der Waals surface area (Å²) in [6, 6.07) is 5.82. The molecular weight excluding hydrogens is 314 g/mol. The van der Waals surface area contributed by atoms with Crippen molar-refractivity contribution in [2.45, 2.75) is 78.4 Å². The van der Waals surface area contributed by atoms with Crippen molar-refractivity contribution in [1.29, 1.82) is 0 Å². The average Bonchev–Trinajstić information content (AvgIpc) is 2.57. The third-order valence-electron chi connectivity index (χ3n) is 5.13. The van der Waals surface area contributed by atoms with Gasteiger partial charge in [-0.25, -0.2) is 0 Å². The summed E-state index contributed by atoms with van der Waals surface area (Å²) in [6.07, 6.45) is 4.95. The lowest BCUT2D eigenvalue weighted by molar-refractivity contribution is -0.147. The lowest BCUT2D eigenvalue weighted by Gasteiger charge is -2.38. The van der Waals surface area contributed by atoms with Crippen molar-refractivity contribution in [3.05, 3.63) is 23.8 Å². The maximum absolute atomic E-state index is 13.0. The minimum atomic E-state index is -0.688. The van der Waals surface area contributed by atoms with Crippen molar-refractivity contribution < 1.29 is 14.3 Å². The Bertz CT molecular complexity index is 583. The second kappa shape index (κ2) is 8.70. The Morgan fingerprint density at radius 1 is 1.40 bits per heavy atom. The number of hydrogen-bond donors (Lipinski definition) is 1. The second-order valence-electron chi connectivity index (χ2n) is 7.40. The quantitative estimate of drug-likeness (QED) is 0.747. The monoisotopic (exact) mass is 347 g/mol. The highest BCUT2D eigenvalue weighted by Gasteiger charge is 2.42. The Labute approximate surface area is 152 Å². The third-order valence-corrected chi connectivity index (χ3v) is 5.13. The van der Waals surface area contributed by atoms with Crippen LogP contribution in [0.15, 0.2) is 18.2 Å². The molecule has 4 heteroatoms. The molecule has 3 atom stereocenters. The highest BCUT2D eigenvalue weighted by atomic mass is 16.5. The van der Waals surface area contributed by atoms with Crippen LogP contribution < -0.4 is 10.1 Å². The van der Waals surface area contributed by atoms with Gasteiger partial charge in [0.05, 0.1) is 6.10 Å². The normalized spacial score (nSPS) is 24.6. The van der Waals surface area contributed by atoms with Crippen LogP contribution in [0, 0.1) is 12.8 Å². The summed E-state index contributed by atoms with van der Waals surface area (Å²) in [5, 5.41) is 3.07. The molecule has 1 aromatic rings. The summed E-state index contributed by atoms with van der Waals surface area (Å²) in [5.74, 6) is 1.37. The van der Waals surface area contributed by atoms with E-state index in [1.807, 2.05) is 32.0 Å². The second-order valence-corrected chi connectivity index (χ2v) is 7.40. The van der Waals surface area contributed by atoms with E-state index in [1.165, 1.54) is 6.42 Å². The molecule has 0 aromatic heterocycles.